The van der Waals surface area contributed by atoms with Crippen LogP contribution in [0, 0.1) is 0 Å². The van der Waals surface area contributed by atoms with E-state index in [4.69, 9.17) is 16.6 Å². The van der Waals surface area contributed by atoms with E-state index in [0.717, 1.165) is 58.9 Å². The summed E-state index contributed by atoms with van der Waals surface area (Å²) < 4.78 is 0. The zero-order valence-electron chi connectivity index (χ0n) is 11.1. The molecule has 0 aliphatic carbocycles. The summed E-state index contributed by atoms with van der Waals surface area (Å²) in [6.45, 7) is 8.66. The first kappa shape index (κ1) is 15.2. The molecule has 1 aliphatic heterocycles. The monoisotopic (exact) mass is 259 g/mol. The quantitative estimate of drug-likeness (QED) is 0.252. The van der Waals surface area contributed by atoms with Crippen LogP contribution in [-0.4, -0.2) is 86.4 Å². The number of nitrogens with two attached hydrogens (primary N) is 2. The van der Waals surface area contributed by atoms with Crippen LogP contribution in [0.4, 0.5) is 0 Å². The average molecular weight is 259 g/mol. The number of β-amino-alcohol motifs (C(OH)–C–C–N with tert-alkyl or cyclic N) is 1. The van der Waals surface area contributed by atoms with Crippen LogP contribution in [0.1, 0.15) is 0 Å². The summed E-state index contributed by atoms with van der Waals surface area (Å²) in [4.78, 5) is 7.59. The van der Waals surface area contributed by atoms with E-state index in [1.165, 1.54) is 0 Å². The van der Waals surface area contributed by atoms with Gasteiger partial charge < -0.3 is 10.4 Å². The molecule has 0 amide bonds. The molecule has 0 aromatic heterocycles. The molecule has 0 bridgehead atoms. The smallest absolute Gasteiger partial charge is 0.338 e. The van der Waals surface area contributed by atoms with Gasteiger partial charge in [0, 0.05) is 52.4 Å². The van der Waals surface area contributed by atoms with Crippen molar-refractivity contribution in [3.63, 3.8) is 0 Å². The number of hydrogen-bond donors (Lipinski definition) is 5. The average Bonchev–Trinajstić information content (AvgIpc) is 2.43. The van der Waals surface area contributed by atoms with E-state index in [2.05, 4.69) is 20.1 Å². The molecule has 0 unspecified atom stereocenters. The van der Waals surface area contributed by atoms with Gasteiger partial charge in [-0.25, -0.2) is 0 Å². The number of hydrogen-bond acceptors (Lipinski definition) is 4. The predicted octanol–water partition coefficient (Wildman–Crippen LogP) is -4.46. The first-order valence-corrected chi connectivity index (χ1v) is 6.60. The highest BCUT2D eigenvalue weighted by Crippen LogP contribution is 1.93. The number of guanidine groups is 1. The van der Waals surface area contributed by atoms with Crippen molar-refractivity contribution in [1.82, 2.24) is 15.1 Å². The highest BCUT2D eigenvalue weighted by atomic mass is 16.3. The topological polar surface area (TPSA) is 105 Å². The molecular weight excluding hydrogens is 232 g/mol. The van der Waals surface area contributed by atoms with Crippen LogP contribution >= 0.6 is 0 Å². The lowest BCUT2D eigenvalue weighted by Gasteiger charge is -2.24. The summed E-state index contributed by atoms with van der Waals surface area (Å²) in [6, 6.07) is 0. The first-order valence-electron chi connectivity index (χ1n) is 6.60. The zero-order valence-corrected chi connectivity index (χ0v) is 11.1. The molecule has 0 saturated carbocycles. The van der Waals surface area contributed by atoms with E-state index in [1.54, 1.807) is 0 Å². The number of nitrogens with one attached hydrogen (secondary N) is 2. The Morgan fingerprint density at radius 2 is 1.67 bits per heavy atom. The molecule has 1 aliphatic rings. The summed E-state index contributed by atoms with van der Waals surface area (Å²) in [6.07, 6.45) is 0. The molecule has 1 fully saturated rings. The van der Waals surface area contributed by atoms with Crippen LogP contribution in [0.25, 0.3) is 0 Å². The standard InChI is InChI=1S/C11H26N6O/c12-11(13)15-3-6-16-4-1-14-2-5-17(8-7-16)9-10-18/h14,18H,1-10H2,(H4,12,13,15)/p+1. The van der Waals surface area contributed by atoms with Gasteiger partial charge >= 0.3 is 5.96 Å². The minimum absolute atomic E-state index is 0.222. The lowest BCUT2D eigenvalue weighted by atomic mass is 10.4. The molecule has 0 radical (unpaired) electrons. The second kappa shape index (κ2) is 9.09. The molecule has 0 aromatic carbocycles. The van der Waals surface area contributed by atoms with Crippen molar-refractivity contribution in [2.75, 3.05) is 65.5 Å². The van der Waals surface area contributed by atoms with E-state index in [-0.39, 0.29) is 12.6 Å². The largest absolute Gasteiger partial charge is 0.395 e. The van der Waals surface area contributed by atoms with Gasteiger partial charge in [0.15, 0.2) is 0 Å². The van der Waals surface area contributed by atoms with E-state index < -0.39 is 0 Å². The van der Waals surface area contributed by atoms with Crippen molar-refractivity contribution in [3.8, 4) is 0 Å². The maximum Gasteiger partial charge on any atom is 0.338 e. The summed E-state index contributed by atoms with van der Waals surface area (Å²) >= 11 is 0. The highest BCUT2D eigenvalue weighted by molar-refractivity contribution is 5.69. The highest BCUT2D eigenvalue weighted by Gasteiger charge is 2.11. The molecule has 0 aromatic rings. The van der Waals surface area contributed by atoms with Crippen LogP contribution in [0.15, 0.2) is 0 Å². The molecule has 0 spiro atoms. The van der Waals surface area contributed by atoms with Crippen LogP contribution in [0.5, 0.6) is 0 Å². The minimum Gasteiger partial charge on any atom is -0.395 e. The van der Waals surface area contributed by atoms with Gasteiger partial charge in [-0.1, -0.05) is 0 Å². The van der Waals surface area contributed by atoms with Crippen LogP contribution in [-0.2, 0) is 0 Å². The van der Waals surface area contributed by atoms with Gasteiger partial charge in [-0.2, -0.15) is 0 Å². The Labute approximate surface area is 109 Å². The van der Waals surface area contributed by atoms with E-state index >= 15 is 0 Å². The molecule has 1 rings (SSSR count). The van der Waals surface area contributed by atoms with E-state index in [9.17, 15) is 0 Å². The third kappa shape index (κ3) is 6.75. The van der Waals surface area contributed by atoms with Gasteiger partial charge in [0.05, 0.1) is 13.2 Å². The number of aliphatic hydroxyl groups is 1. The molecule has 7 heteroatoms. The van der Waals surface area contributed by atoms with E-state index in [1.807, 2.05) is 0 Å². The molecule has 7 nitrogen and oxygen atoms in total. The van der Waals surface area contributed by atoms with Crippen molar-refractivity contribution in [2.24, 2.45) is 11.5 Å². The van der Waals surface area contributed by atoms with Gasteiger partial charge in [0.1, 0.15) is 0 Å². The normalized spacial score (nSPS) is 19.8. The van der Waals surface area contributed by atoms with Crippen LogP contribution < -0.4 is 21.8 Å². The Hall–Kier alpha value is -0.890. The Bertz CT molecular complexity index is 244. The van der Waals surface area contributed by atoms with Crippen molar-refractivity contribution in [3.05, 3.63) is 0 Å². The van der Waals surface area contributed by atoms with Gasteiger partial charge in [-0.3, -0.25) is 26.3 Å². The Morgan fingerprint density at radius 1 is 1.06 bits per heavy atom. The number of nitrogens with zero attached hydrogens (tertiary/aromatic N) is 2. The Kier molecular flexibility index (Phi) is 7.66. The fraction of sp³-hybridized carbons (Fsp3) is 0.909. The molecule has 18 heavy (non-hydrogen) atoms. The molecule has 106 valence electrons. The maximum absolute atomic E-state index is 9.00. The molecule has 1 heterocycles. The van der Waals surface area contributed by atoms with Gasteiger partial charge in [-0.05, 0) is 0 Å². The summed E-state index contributed by atoms with van der Waals surface area (Å²) in [5.74, 6) is 0.277. The van der Waals surface area contributed by atoms with Gasteiger partial charge in [-0.15, -0.1) is 0 Å². The van der Waals surface area contributed by atoms with Crippen molar-refractivity contribution < 1.29 is 10.1 Å². The zero-order chi connectivity index (χ0) is 13.2. The third-order valence-electron chi connectivity index (χ3n) is 3.12. The molecule has 7 N–H and O–H groups in total. The van der Waals surface area contributed by atoms with Gasteiger partial charge in [0.25, 0.3) is 0 Å². The maximum atomic E-state index is 9.00. The molecule has 1 saturated heterocycles. The lowest BCUT2D eigenvalue weighted by molar-refractivity contribution is -0.459. The lowest BCUT2D eigenvalue weighted by Crippen LogP contribution is -2.79. The number of rotatable bonds is 5. The Morgan fingerprint density at radius 3 is 2.22 bits per heavy atom. The fourth-order valence-electron chi connectivity index (χ4n) is 2.05. The minimum atomic E-state index is 0.222. The van der Waals surface area contributed by atoms with Crippen molar-refractivity contribution in [2.45, 2.75) is 0 Å². The van der Waals surface area contributed by atoms with Crippen LogP contribution in [0.2, 0.25) is 0 Å². The summed E-state index contributed by atoms with van der Waals surface area (Å²) in [5, 5.41) is 12.4. The summed E-state index contributed by atoms with van der Waals surface area (Å²) in [7, 11) is 0. The fourth-order valence-corrected chi connectivity index (χ4v) is 2.05. The first-order chi connectivity index (χ1) is 8.72. The molecule has 0 atom stereocenters. The number of aliphatic hydroxyl groups excluding tert-OH is 1. The molecular formula is C11H27N6O+. The van der Waals surface area contributed by atoms with Crippen LogP contribution in [0.3, 0.4) is 0 Å². The Balaban J connectivity index is 2.34. The van der Waals surface area contributed by atoms with Crippen molar-refractivity contribution in [1.29, 1.82) is 0 Å². The SMILES string of the molecule is NC(N)=[NH+]CCN1CCNCCN(CCO)CC1. The van der Waals surface area contributed by atoms with Gasteiger partial charge in [0.2, 0.25) is 0 Å². The van der Waals surface area contributed by atoms with E-state index in [0.29, 0.717) is 0 Å². The predicted molar refractivity (Wildman–Crippen MR) is 72.0 cm³/mol. The van der Waals surface area contributed by atoms with Crippen molar-refractivity contribution >= 4 is 5.96 Å². The second-order valence-corrected chi connectivity index (χ2v) is 4.54. The summed E-state index contributed by atoms with van der Waals surface area (Å²) in [5.41, 5.74) is 10.7. The third-order valence-corrected chi connectivity index (χ3v) is 3.12. The second-order valence-electron chi connectivity index (χ2n) is 4.54.